The van der Waals surface area contributed by atoms with Crippen molar-refractivity contribution >= 4 is 23.4 Å². The smallest absolute Gasteiger partial charge is 0.310 e. The van der Waals surface area contributed by atoms with Crippen molar-refractivity contribution in [1.82, 2.24) is 0 Å². The molecule has 1 aliphatic rings. The molecule has 16 heavy (non-hydrogen) atoms. The predicted octanol–water partition coefficient (Wildman–Crippen LogP) is 2.31. The average molecular weight is 237 g/mol. The van der Waals surface area contributed by atoms with Gasteiger partial charge in [0.2, 0.25) is 0 Å². The molecule has 0 aliphatic carbocycles. The Morgan fingerprint density at radius 1 is 1.56 bits per heavy atom. The Labute approximate surface area is 99.6 Å². The molecular formula is C12H15NO2S. The van der Waals surface area contributed by atoms with Crippen molar-refractivity contribution in [2.75, 3.05) is 24.2 Å². The van der Waals surface area contributed by atoms with Crippen LogP contribution in [-0.2, 0) is 16.0 Å². The minimum atomic E-state index is -0.156. The molecule has 1 aromatic carbocycles. The molecule has 0 fully saturated rings. The van der Waals surface area contributed by atoms with E-state index >= 15 is 0 Å². The summed E-state index contributed by atoms with van der Waals surface area (Å²) >= 11 is 1.83. The van der Waals surface area contributed by atoms with Crippen molar-refractivity contribution in [2.24, 2.45) is 0 Å². The van der Waals surface area contributed by atoms with Crippen molar-refractivity contribution in [3.05, 3.63) is 23.8 Å². The zero-order chi connectivity index (χ0) is 11.4. The highest BCUT2D eigenvalue weighted by Crippen LogP contribution is 2.31. The molecule has 0 aromatic heterocycles. The second kappa shape index (κ2) is 5.25. The first-order valence-electron chi connectivity index (χ1n) is 5.45. The number of hydrogen-bond acceptors (Lipinski definition) is 4. The van der Waals surface area contributed by atoms with Crippen LogP contribution < -0.4 is 5.32 Å². The van der Waals surface area contributed by atoms with E-state index in [9.17, 15) is 4.79 Å². The number of rotatable bonds is 3. The topological polar surface area (TPSA) is 38.3 Å². The van der Waals surface area contributed by atoms with Gasteiger partial charge < -0.3 is 10.1 Å². The first kappa shape index (κ1) is 11.3. The molecule has 1 aliphatic heterocycles. The van der Waals surface area contributed by atoms with Gasteiger partial charge in [-0.25, -0.2) is 0 Å². The summed E-state index contributed by atoms with van der Waals surface area (Å²) in [5, 5.41) is 3.33. The Kier molecular flexibility index (Phi) is 3.72. The van der Waals surface area contributed by atoms with E-state index in [0.29, 0.717) is 13.0 Å². The molecular weight excluding hydrogens is 222 g/mol. The standard InChI is InChI=1S/C12H15NO2S/c1-2-15-12(14)8-9-3-4-10-11(7-9)16-6-5-13-10/h3-4,7,13H,2,5-6,8H2,1H3. The summed E-state index contributed by atoms with van der Waals surface area (Å²) in [6.07, 6.45) is 0.363. The van der Waals surface area contributed by atoms with Gasteiger partial charge >= 0.3 is 5.97 Å². The highest BCUT2D eigenvalue weighted by molar-refractivity contribution is 7.99. The zero-order valence-corrected chi connectivity index (χ0v) is 10.1. The second-order valence-electron chi connectivity index (χ2n) is 3.59. The first-order valence-corrected chi connectivity index (χ1v) is 6.43. The Hall–Kier alpha value is -1.16. The predicted molar refractivity (Wildman–Crippen MR) is 66.0 cm³/mol. The average Bonchev–Trinajstić information content (AvgIpc) is 2.29. The van der Waals surface area contributed by atoms with Crippen LogP contribution in [0, 0.1) is 0 Å². The number of thioether (sulfide) groups is 1. The van der Waals surface area contributed by atoms with Crippen molar-refractivity contribution in [3.63, 3.8) is 0 Å². The maximum atomic E-state index is 11.3. The molecule has 0 amide bonds. The van der Waals surface area contributed by atoms with Gasteiger partial charge in [-0.1, -0.05) is 6.07 Å². The molecule has 1 N–H and O–H groups in total. The molecule has 0 atom stereocenters. The Morgan fingerprint density at radius 3 is 3.25 bits per heavy atom. The SMILES string of the molecule is CCOC(=O)Cc1ccc2c(c1)SCCN2. The molecule has 1 heterocycles. The number of ether oxygens (including phenoxy) is 1. The summed E-state index contributed by atoms with van der Waals surface area (Å²) in [5.74, 6) is 0.923. The number of benzene rings is 1. The molecule has 0 saturated carbocycles. The lowest BCUT2D eigenvalue weighted by Crippen LogP contribution is -2.11. The van der Waals surface area contributed by atoms with E-state index in [2.05, 4.69) is 11.4 Å². The molecule has 0 saturated heterocycles. The van der Waals surface area contributed by atoms with E-state index in [1.165, 1.54) is 10.6 Å². The van der Waals surface area contributed by atoms with Gasteiger partial charge in [0, 0.05) is 22.9 Å². The lowest BCUT2D eigenvalue weighted by molar-refractivity contribution is -0.142. The van der Waals surface area contributed by atoms with E-state index in [0.717, 1.165) is 17.9 Å². The van der Waals surface area contributed by atoms with Crippen LogP contribution in [0.15, 0.2) is 23.1 Å². The number of esters is 1. The van der Waals surface area contributed by atoms with Gasteiger partial charge in [-0.15, -0.1) is 11.8 Å². The van der Waals surface area contributed by atoms with Crippen LogP contribution in [0.1, 0.15) is 12.5 Å². The summed E-state index contributed by atoms with van der Waals surface area (Å²) in [4.78, 5) is 12.6. The van der Waals surface area contributed by atoms with Crippen LogP contribution in [0.25, 0.3) is 0 Å². The third-order valence-electron chi connectivity index (χ3n) is 2.37. The van der Waals surface area contributed by atoms with E-state index < -0.39 is 0 Å². The highest BCUT2D eigenvalue weighted by atomic mass is 32.2. The van der Waals surface area contributed by atoms with Crippen LogP contribution in [0.5, 0.6) is 0 Å². The highest BCUT2D eigenvalue weighted by Gasteiger charge is 2.11. The largest absolute Gasteiger partial charge is 0.466 e. The fourth-order valence-electron chi connectivity index (χ4n) is 1.67. The van der Waals surface area contributed by atoms with Crippen molar-refractivity contribution in [2.45, 2.75) is 18.2 Å². The molecule has 1 aromatic rings. The summed E-state index contributed by atoms with van der Waals surface area (Å²) in [5.41, 5.74) is 2.19. The Balaban J connectivity index is 2.08. The van der Waals surface area contributed by atoms with Crippen LogP contribution >= 0.6 is 11.8 Å². The zero-order valence-electron chi connectivity index (χ0n) is 9.29. The van der Waals surface area contributed by atoms with Gasteiger partial charge in [0.1, 0.15) is 0 Å². The fourth-order valence-corrected chi connectivity index (χ4v) is 2.62. The van der Waals surface area contributed by atoms with E-state index in [4.69, 9.17) is 4.74 Å². The third kappa shape index (κ3) is 2.70. The number of hydrogen-bond donors (Lipinski definition) is 1. The maximum Gasteiger partial charge on any atom is 0.310 e. The number of carbonyl (C=O) groups is 1. The number of nitrogens with one attached hydrogen (secondary N) is 1. The molecule has 0 spiro atoms. The lowest BCUT2D eigenvalue weighted by Gasteiger charge is -2.17. The third-order valence-corrected chi connectivity index (χ3v) is 3.43. The van der Waals surface area contributed by atoms with E-state index in [1.54, 1.807) is 0 Å². The minimum absolute atomic E-state index is 0.156. The van der Waals surface area contributed by atoms with Gasteiger partial charge in [-0.2, -0.15) is 0 Å². The minimum Gasteiger partial charge on any atom is -0.466 e. The van der Waals surface area contributed by atoms with Gasteiger partial charge in [0.05, 0.1) is 13.0 Å². The summed E-state index contributed by atoms with van der Waals surface area (Å²) in [6.45, 7) is 3.28. The number of anilines is 1. The molecule has 3 nitrogen and oxygen atoms in total. The summed E-state index contributed by atoms with van der Waals surface area (Å²) in [6, 6.07) is 6.09. The van der Waals surface area contributed by atoms with E-state index in [1.807, 2.05) is 30.8 Å². The molecule has 0 radical (unpaired) electrons. The molecule has 4 heteroatoms. The van der Waals surface area contributed by atoms with Crippen LogP contribution in [0.4, 0.5) is 5.69 Å². The quantitative estimate of drug-likeness (QED) is 0.819. The molecule has 0 unspecified atom stereocenters. The number of carbonyl (C=O) groups excluding carboxylic acids is 1. The first-order chi connectivity index (χ1) is 7.79. The lowest BCUT2D eigenvalue weighted by atomic mass is 10.1. The second-order valence-corrected chi connectivity index (χ2v) is 4.72. The van der Waals surface area contributed by atoms with Gasteiger partial charge in [0.25, 0.3) is 0 Å². The molecule has 0 bridgehead atoms. The summed E-state index contributed by atoms with van der Waals surface area (Å²) < 4.78 is 4.93. The Morgan fingerprint density at radius 2 is 2.44 bits per heavy atom. The Bertz CT molecular complexity index is 393. The normalized spacial score (nSPS) is 13.8. The summed E-state index contributed by atoms with van der Waals surface area (Å²) in [7, 11) is 0. The maximum absolute atomic E-state index is 11.3. The monoisotopic (exact) mass is 237 g/mol. The molecule has 2 rings (SSSR count). The fraction of sp³-hybridized carbons (Fsp3) is 0.417. The molecule has 86 valence electrons. The van der Waals surface area contributed by atoms with Crippen LogP contribution in [0.3, 0.4) is 0 Å². The van der Waals surface area contributed by atoms with E-state index in [-0.39, 0.29) is 5.97 Å². The van der Waals surface area contributed by atoms with Crippen molar-refractivity contribution in [3.8, 4) is 0 Å². The van der Waals surface area contributed by atoms with Gasteiger partial charge in [0.15, 0.2) is 0 Å². The van der Waals surface area contributed by atoms with Crippen LogP contribution in [-0.4, -0.2) is 24.9 Å². The van der Waals surface area contributed by atoms with Gasteiger partial charge in [-0.05, 0) is 24.6 Å². The van der Waals surface area contributed by atoms with Crippen LogP contribution in [0.2, 0.25) is 0 Å². The number of fused-ring (bicyclic) bond motifs is 1. The van der Waals surface area contributed by atoms with Crippen molar-refractivity contribution < 1.29 is 9.53 Å². The van der Waals surface area contributed by atoms with Crippen molar-refractivity contribution in [1.29, 1.82) is 0 Å². The van der Waals surface area contributed by atoms with Gasteiger partial charge in [-0.3, -0.25) is 4.79 Å².